The first-order valence-electron chi connectivity index (χ1n) is 6.44. The van der Waals surface area contributed by atoms with Gasteiger partial charge in [0.2, 0.25) is 0 Å². The van der Waals surface area contributed by atoms with E-state index in [-0.39, 0.29) is 12.5 Å². The maximum Gasteiger partial charge on any atom is 0.262 e. The summed E-state index contributed by atoms with van der Waals surface area (Å²) in [5, 5.41) is 2.83. The third kappa shape index (κ3) is 4.38. The maximum atomic E-state index is 11.8. The highest BCUT2D eigenvalue weighted by atomic mass is 79.9. The van der Waals surface area contributed by atoms with Crippen LogP contribution in [0.3, 0.4) is 0 Å². The number of halogens is 1. The van der Waals surface area contributed by atoms with E-state index >= 15 is 0 Å². The summed E-state index contributed by atoms with van der Waals surface area (Å²) in [5.41, 5.74) is 1.99. The molecule has 0 heterocycles. The van der Waals surface area contributed by atoms with Gasteiger partial charge in [0.15, 0.2) is 6.61 Å². The van der Waals surface area contributed by atoms with Gasteiger partial charge in [-0.15, -0.1) is 0 Å². The minimum atomic E-state index is -0.166. The number of aryl methyl sites for hydroxylation is 1. The van der Waals surface area contributed by atoms with Crippen LogP contribution in [0.25, 0.3) is 0 Å². The van der Waals surface area contributed by atoms with Crippen molar-refractivity contribution in [2.24, 2.45) is 0 Å². The Morgan fingerprint density at radius 2 is 1.95 bits per heavy atom. The van der Waals surface area contributed by atoms with Gasteiger partial charge in [-0.1, -0.05) is 35.0 Å². The molecule has 0 bridgehead atoms. The molecule has 0 aliphatic heterocycles. The lowest BCUT2D eigenvalue weighted by atomic mass is 10.1. The van der Waals surface area contributed by atoms with Crippen molar-refractivity contribution < 1.29 is 9.53 Å². The van der Waals surface area contributed by atoms with Crippen LogP contribution in [0.1, 0.15) is 12.5 Å². The van der Waals surface area contributed by atoms with Crippen molar-refractivity contribution in [1.29, 1.82) is 0 Å². The molecule has 0 saturated carbocycles. The van der Waals surface area contributed by atoms with Crippen LogP contribution in [-0.2, 0) is 11.2 Å². The molecule has 104 valence electrons. The van der Waals surface area contributed by atoms with E-state index in [1.807, 2.05) is 48.5 Å². The van der Waals surface area contributed by atoms with E-state index in [4.69, 9.17) is 4.74 Å². The Balaban J connectivity index is 1.87. The van der Waals surface area contributed by atoms with Gasteiger partial charge in [0.25, 0.3) is 5.91 Å². The normalized spacial score (nSPS) is 10.1. The molecule has 1 N–H and O–H groups in total. The summed E-state index contributed by atoms with van der Waals surface area (Å²) in [4.78, 5) is 11.8. The first kappa shape index (κ1) is 14.6. The molecule has 0 saturated heterocycles. The summed E-state index contributed by atoms with van der Waals surface area (Å²) in [6, 6.07) is 15.2. The van der Waals surface area contributed by atoms with Crippen molar-refractivity contribution in [2.45, 2.75) is 13.3 Å². The van der Waals surface area contributed by atoms with Crippen molar-refractivity contribution in [3.8, 4) is 5.75 Å². The predicted octanol–water partition coefficient (Wildman–Crippen LogP) is 4.03. The summed E-state index contributed by atoms with van der Waals surface area (Å²) < 4.78 is 6.40. The van der Waals surface area contributed by atoms with Crippen LogP contribution < -0.4 is 10.1 Å². The van der Waals surface area contributed by atoms with Crippen LogP contribution in [-0.4, -0.2) is 12.5 Å². The van der Waals surface area contributed by atoms with Gasteiger partial charge >= 0.3 is 0 Å². The molecule has 0 fully saturated rings. The number of nitrogens with one attached hydrogen (secondary N) is 1. The van der Waals surface area contributed by atoms with Crippen LogP contribution >= 0.6 is 15.9 Å². The zero-order chi connectivity index (χ0) is 14.4. The average Bonchev–Trinajstić information content (AvgIpc) is 2.47. The van der Waals surface area contributed by atoms with Crippen LogP contribution in [0.5, 0.6) is 5.75 Å². The monoisotopic (exact) mass is 333 g/mol. The molecule has 2 aromatic rings. The number of hydrogen-bond donors (Lipinski definition) is 1. The van der Waals surface area contributed by atoms with E-state index in [2.05, 4.69) is 28.2 Å². The number of anilines is 1. The number of rotatable bonds is 5. The molecule has 2 aromatic carbocycles. The highest BCUT2D eigenvalue weighted by molar-refractivity contribution is 9.10. The summed E-state index contributed by atoms with van der Waals surface area (Å²) in [6.45, 7) is 2.08. The van der Waals surface area contributed by atoms with Crippen LogP contribution in [0, 0.1) is 0 Å². The molecule has 0 aliphatic rings. The number of benzene rings is 2. The molecule has 0 spiro atoms. The second-order valence-corrected chi connectivity index (χ2v) is 5.26. The zero-order valence-corrected chi connectivity index (χ0v) is 12.8. The van der Waals surface area contributed by atoms with Crippen molar-refractivity contribution in [2.75, 3.05) is 11.9 Å². The average molecular weight is 334 g/mol. The van der Waals surface area contributed by atoms with Crippen LogP contribution in [0.4, 0.5) is 5.69 Å². The summed E-state index contributed by atoms with van der Waals surface area (Å²) in [7, 11) is 0. The fourth-order valence-corrected chi connectivity index (χ4v) is 2.01. The second kappa shape index (κ2) is 7.10. The number of carbonyl (C=O) groups excluding carboxylic acids is 1. The van der Waals surface area contributed by atoms with Gasteiger partial charge in [-0.05, 0) is 48.4 Å². The molecule has 2 rings (SSSR count). The number of hydrogen-bond acceptors (Lipinski definition) is 2. The van der Waals surface area contributed by atoms with Gasteiger partial charge in [0.1, 0.15) is 5.75 Å². The Morgan fingerprint density at radius 3 is 2.65 bits per heavy atom. The van der Waals surface area contributed by atoms with Crippen molar-refractivity contribution in [1.82, 2.24) is 0 Å². The minimum Gasteiger partial charge on any atom is -0.484 e. The highest BCUT2D eigenvalue weighted by Crippen LogP contribution is 2.16. The molecule has 3 nitrogen and oxygen atoms in total. The van der Waals surface area contributed by atoms with Crippen LogP contribution in [0.15, 0.2) is 53.0 Å². The summed E-state index contributed by atoms with van der Waals surface area (Å²) in [5.74, 6) is 0.506. The molecular formula is C16H16BrNO2. The summed E-state index contributed by atoms with van der Waals surface area (Å²) in [6.07, 6.45) is 0.944. The first-order valence-corrected chi connectivity index (χ1v) is 7.24. The van der Waals surface area contributed by atoms with Gasteiger partial charge in [-0.3, -0.25) is 4.79 Å². The summed E-state index contributed by atoms with van der Waals surface area (Å²) >= 11 is 3.35. The van der Waals surface area contributed by atoms with E-state index in [0.717, 1.165) is 16.6 Å². The Morgan fingerprint density at radius 1 is 1.20 bits per heavy atom. The van der Waals surface area contributed by atoms with E-state index in [9.17, 15) is 4.79 Å². The van der Waals surface area contributed by atoms with Crippen LogP contribution in [0.2, 0.25) is 0 Å². The lowest BCUT2D eigenvalue weighted by molar-refractivity contribution is -0.118. The maximum absolute atomic E-state index is 11.8. The number of amides is 1. The predicted molar refractivity (Wildman–Crippen MR) is 84.1 cm³/mol. The molecular weight excluding hydrogens is 318 g/mol. The van der Waals surface area contributed by atoms with Gasteiger partial charge < -0.3 is 10.1 Å². The molecule has 0 atom stereocenters. The van der Waals surface area contributed by atoms with E-state index in [0.29, 0.717) is 5.75 Å². The Bertz CT molecular complexity index is 581. The highest BCUT2D eigenvalue weighted by Gasteiger charge is 2.04. The van der Waals surface area contributed by atoms with E-state index in [1.165, 1.54) is 5.56 Å². The van der Waals surface area contributed by atoms with Crippen molar-refractivity contribution in [3.05, 3.63) is 58.6 Å². The van der Waals surface area contributed by atoms with Gasteiger partial charge in [0, 0.05) is 10.2 Å². The fraction of sp³-hybridized carbons (Fsp3) is 0.188. The Hall–Kier alpha value is -1.81. The Kier molecular flexibility index (Phi) is 5.18. The smallest absolute Gasteiger partial charge is 0.262 e. The molecule has 0 radical (unpaired) electrons. The fourth-order valence-electron chi connectivity index (χ4n) is 1.75. The largest absolute Gasteiger partial charge is 0.484 e. The molecule has 1 amide bonds. The van der Waals surface area contributed by atoms with Gasteiger partial charge in [-0.25, -0.2) is 0 Å². The van der Waals surface area contributed by atoms with E-state index < -0.39 is 0 Å². The zero-order valence-electron chi connectivity index (χ0n) is 11.2. The molecule has 4 heteroatoms. The topological polar surface area (TPSA) is 38.3 Å². The van der Waals surface area contributed by atoms with Gasteiger partial charge in [0.05, 0.1) is 0 Å². The standard InChI is InChI=1S/C16H16BrNO2/c1-2-12-4-3-5-14(10-12)18-16(19)11-20-15-8-6-13(17)7-9-15/h3-10H,2,11H2,1H3,(H,18,19). The molecule has 0 unspecified atom stereocenters. The molecule has 0 aromatic heterocycles. The number of ether oxygens (including phenoxy) is 1. The van der Waals surface area contributed by atoms with Crippen molar-refractivity contribution >= 4 is 27.5 Å². The van der Waals surface area contributed by atoms with E-state index in [1.54, 1.807) is 0 Å². The molecule has 20 heavy (non-hydrogen) atoms. The SMILES string of the molecule is CCc1cccc(NC(=O)COc2ccc(Br)cc2)c1. The molecule has 0 aliphatic carbocycles. The third-order valence-corrected chi connectivity index (χ3v) is 3.33. The lowest BCUT2D eigenvalue weighted by Crippen LogP contribution is -2.20. The first-order chi connectivity index (χ1) is 9.67. The lowest BCUT2D eigenvalue weighted by Gasteiger charge is -2.08. The van der Waals surface area contributed by atoms with Gasteiger partial charge in [-0.2, -0.15) is 0 Å². The quantitative estimate of drug-likeness (QED) is 0.897. The minimum absolute atomic E-state index is 0.00200. The third-order valence-electron chi connectivity index (χ3n) is 2.80. The Labute approximate surface area is 127 Å². The van der Waals surface area contributed by atoms with Crippen molar-refractivity contribution in [3.63, 3.8) is 0 Å². The second-order valence-electron chi connectivity index (χ2n) is 4.34. The number of carbonyl (C=O) groups is 1.